The highest BCUT2D eigenvalue weighted by atomic mass is 16.5. The molecule has 2 aromatic carbocycles. The molecule has 3 rings (SSSR count). The van der Waals surface area contributed by atoms with Gasteiger partial charge in [0.1, 0.15) is 6.10 Å². The molecule has 3 atom stereocenters. The van der Waals surface area contributed by atoms with Crippen LogP contribution in [0.3, 0.4) is 0 Å². The summed E-state index contributed by atoms with van der Waals surface area (Å²) in [6, 6.07) is 19.6. The molecule has 4 heteroatoms. The Kier molecular flexibility index (Phi) is 5.28. The number of carbonyl (C=O) groups is 1. The Labute approximate surface area is 143 Å². The van der Waals surface area contributed by atoms with Gasteiger partial charge in [0, 0.05) is 12.5 Å². The average Bonchev–Trinajstić information content (AvgIpc) is 2.63. The van der Waals surface area contributed by atoms with Crippen LogP contribution in [0.1, 0.15) is 36.6 Å². The molecule has 0 aliphatic carbocycles. The highest BCUT2D eigenvalue weighted by molar-refractivity contribution is 5.77. The van der Waals surface area contributed by atoms with Crippen LogP contribution in [0.5, 0.6) is 0 Å². The molecule has 24 heavy (non-hydrogen) atoms. The van der Waals surface area contributed by atoms with Crippen molar-refractivity contribution in [3.63, 3.8) is 0 Å². The van der Waals surface area contributed by atoms with Gasteiger partial charge in [0.25, 0.3) is 0 Å². The van der Waals surface area contributed by atoms with Crippen LogP contribution in [-0.2, 0) is 9.53 Å². The first kappa shape index (κ1) is 16.7. The number of morpholine rings is 1. The number of hydrogen-bond donors (Lipinski definition) is 1. The minimum atomic E-state index is -0.274. The normalized spacial score (nSPS) is 22.2. The lowest BCUT2D eigenvalue weighted by Gasteiger charge is -2.38. The molecule has 1 amide bonds. The third-order valence-electron chi connectivity index (χ3n) is 4.55. The summed E-state index contributed by atoms with van der Waals surface area (Å²) >= 11 is 0. The van der Waals surface area contributed by atoms with Crippen molar-refractivity contribution in [2.75, 3.05) is 13.2 Å². The molecule has 1 heterocycles. The van der Waals surface area contributed by atoms with Crippen molar-refractivity contribution >= 4 is 5.91 Å². The average molecular weight is 324 g/mol. The first-order valence-corrected chi connectivity index (χ1v) is 8.41. The van der Waals surface area contributed by atoms with E-state index in [1.807, 2.05) is 72.5 Å². The molecule has 0 saturated carbocycles. The number of nitrogens with zero attached hydrogens (tertiary/aromatic N) is 1. The molecule has 3 unspecified atom stereocenters. The standard InChI is InChI=1S/C20H24N2O2/c1-15-14-24-19(17-10-6-3-7-11-17)13-22(15)20(23)12-18(21)16-8-4-2-5-9-16/h2-11,15,18-19H,12-14,21H2,1H3. The van der Waals surface area contributed by atoms with Crippen LogP contribution in [-0.4, -0.2) is 30.0 Å². The molecule has 1 aliphatic heterocycles. The van der Waals surface area contributed by atoms with E-state index in [1.54, 1.807) is 0 Å². The number of benzene rings is 2. The third-order valence-corrected chi connectivity index (χ3v) is 4.55. The lowest BCUT2D eigenvalue weighted by Crippen LogP contribution is -2.48. The van der Waals surface area contributed by atoms with E-state index in [2.05, 4.69) is 0 Å². The molecule has 4 nitrogen and oxygen atoms in total. The molecule has 1 saturated heterocycles. The van der Waals surface area contributed by atoms with Crippen LogP contribution in [0.2, 0.25) is 0 Å². The topological polar surface area (TPSA) is 55.6 Å². The van der Waals surface area contributed by atoms with Crippen LogP contribution in [0.25, 0.3) is 0 Å². The monoisotopic (exact) mass is 324 g/mol. The van der Waals surface area contributed by atoms with Gasteiger partial charge in [0.15, 0.2) is 0 Å². The SMILES string of the molecule is CC1COC(c2ccccc2)CN1C(=O)CC(N)c1ccccc1. The van der Waals surface area contributed by atoms with Crippen molar-refractivity contribution in [2.45, 2.75) is 31.5 Å². The fourth-order valence-corrected chi connectivity index (χ4v) is 3.10. The van der Waals surface area contributed by atoms with E-state index in [0.29, 0.717) is 19.6 Å². The van der Waals surface area contributed by atoms with Gasteiger partial charge in [-0.05, 0) is 18.1 Å². The van der Waals surface area contributed by atoms with Gasteiger partial charge < -0.3 is 15.4 Å². The van der Waals surface area contributed by atoms with Crippen LogP contribution in [0.15, 0.2) is 60.7 Å². The van der Waals surface area contributed by atoms with Gasteiger partial charge in [0.2, 0.25) is 5.91 Å². The zero-order chi connectivity index (χ0) is 16.9. The van der Waals surface area contributed by atoms with Gasteiger partial charge in [-0.3, -0.25) is 4.79 Å². The summed E-state index contributed by atoms with van der Waals surface area (Å²) in [4.78, 5) is 14.7. The number of carbonyl (C=O) groups excluding carboxylic acids is 1. The van der Waals surface area contributed by atoms with Gasteiger partial charge >= 0.3 is 0 Å². The molecule has 2 N–H and O–H groups in total. The van der Waals surface area contributed by atoms with Crippen molar-refractivity contribution in [3.8, 4) is 0 Å². The number of amides is 1. The minimum Gasteiger partial charge on any atom is -0.370 e. The predicted molar refractivity (Wildman–Crippen MR) is 94.3 cm³/mol. The number of ether oxygens (including phenoxy) is 1. The van der Waals surface area contributed by atoms with Gasteiger partial charge in [-0.1, -0.05) is 60.7 Å². The molecule has 0 radical (unpaired) electrons. The summed E-state index contributed by atoms with van der Waals surface area (Å²) in [7, 11) is 0. The highest BCUT2D eigenvalue weighted by Gasteiger charge is 2.31. The maximum absolute atomic E-state index is 12.8. The fourth-order valence-electron chi connectivity index (χ4n) is 3.10. The largest absolute Gasteiger partial charge is 0.370 e. The maximum Gasteiger partial charge on any atom is 0.224 e. The van der Waals surface area contributed by atoms with Crippen molar-refractivity contribution < 1.29 is 9.53 Å². The molecular weight excluding hydrogens is 300 g/mol. The zero-order valence-electron chi connectivity index (χ0n) is 14.0. The van der Waals surface area contributed by atoms with Crippen LogP contribution >= 0.6 is 0 Å². The van der Waals surface area contributed by atoms with E-state index in [4.69, 9.17) is 10.5 Å². The Bertz CT molecular complexity index is 660. The zero-order valence-corrected chi connectivity index (χ0v) is 14.0. The van der Waals surface area contributed by atoms with E-state index in [-0.39, 0.29) is 24.1 Å². The van der Waals surface area contributed by atoms with Crippen molar-refractivity contribution in [3.05, 3.63) is 71.8 Å². The van der Waals surface area contributed by atoms with E-state index in [0.717, 1.165) is 11.1 Å². The molecule has 2 aromatic rings. The lowest BCUT2D eigenvalue weighted by molar-refractivity contribution is -0.144. The summed E-state index contributed by atoms with van der Waals surface area (Å²) in [6.07, 6.45) is 0.245. The second kappa shape index (κ2) is 7.60. The van der Waals surface area contributed by atoms with Crippen LogP contribution < -0.4 is 5.73 Å². The number of hydrogen-bond acceptors (Lipinski definition) is 3. The number of rotatable bonds is 4. The van der Waals surface area contributed by atoms with E-state index in [9.17, 15) is 4.79 Å². The fraction of sp³-hybridized carbons (Fsp3) is 0.350. The molecule has 1 fully saturated rings. The van der Waals surface area contributed by atoms with Gasteiger partial charge in [0.05, 0.1) is 19.2 Å². The first-order valence-electron chi connectivity index (χ1n) is 8.41. The van der Waals surface area contributed by atoms with Crippen molar-refractivity contribution in [1.82, 2.24) is 4.90 Å². The second-order valence-electron chi connectivity index (χ2n) is 6.35. The second-order valence-corrected chi connectivity index (χ2v) is 6.35. The van der Waals surface area contributed by atoms with E-state index < -0.39 is 0 Å². The lowest BCUT2D eigenvalue weighted by atomic mass is 10.0. The number of nitrogens with two attached hydrogens (primary N) is 1. The summed E-state index contributed by atoms with van der Waals surface area (Å²) in [5, 5.41) is 0. The van der Waals surface area contributed by atoms with Gasteiger partial charge in [-0.15, -0.1) is 0 Å². The quantitative estimate of drug-likeness (QED) is 0.940. The minimum absolute atomic E-state index is 0.0698. The first-order chi connectivity index (χ1) is 11.6. The van der Waals surface area contributed by atoms with E-state index in [1.165, 1.54) is 0 Å². The molecule has 0 spiro atoms. The molecule has 0 aromatic heterocycles. The maximum atomic E-state index is 12.8. The molecule has 126 valence electrons. The Balaban J connectivity index is 1.66. The van der Waals surface area contributed by atoms with E-state index >= 15 is 0 Å². The third kappa shape index (κ3) is 3.83. The Morgan fingerprint density at radius 2 is 1.79 bits per heavy atom. The van der Waals surface area contributed by atoms with Gasteiger partial charge in [-0.25, -0.2) is 0 Å². The van der Waals surface area contributed by atoms with Crippen molar-refractivity contribution in [1.29, 1.82) is 0 Å². The molecule has 1 aliphatic rings. The predicted octanol–water partition coefficient (Wildman–Crippen LogP) is 3.07. The van der Waals surface area contributed by atoms with Crippen LogP contribution in [0.4, 0.5) is 0 Å². The van der Waals surface area contributed by atoms with Gasteiger partial charge in [-0.2, -0.15) is 0 Å². The summed E-state index contributed by atoms with van der Waals surface area (Å²) < 4.78 is 5.92. The Morgan fingerprint density at radius 1 is 1.17 bits per heavy atom. The smallest absolute Gasteiger partial charge is 0.224 e. The Morgan fingerprint density at radius 3 is 2.46 bits per heavy atom. The molecule has 0 bridgehead atoms. The molecular formula is C20H24N2O2. The highest BCUT2D eigenvalue weighted by Crippen LogP contribution is 2.26. The summed E-state index contributed by atoms with van der Waals surface area (Å²) in [5.74, 6) is 0.0862. The van der Waals surface area contributed by atoms with Crippen molar-refractivity contribution in [2.24, 2.45) is 5.73 Å². The van der Waals surface area contributed by atoms with Crippen LogP contribution in [0, 0.1) is 0 Å². The Hall–Kier alpha value is -2.17. The summed E-state index contributed by atoms with van der Waals surface area (Å²) in [5.41, 5.74) is 8.31. The summed E-state index contributed by atoms with van der Waals surface area (Å²) in [6.45, 7) is 3.14.